The number of hydrogen-bond acceptors (Lipinski definition) is 5. The van der Waals surface area contributed by atoms with Gasteiger partial charge in [0.15, 0.2) is 0 Å². The third-order valence-corrected chi connectivity index (χ3v) is 3.60. The maximum absolute atomic E-state index is 5.63. The highest BCUT2D eigenvalue weighted by Gasteiger charge is 2.16. The topological polar surface area (TPSA) is 68.8 Å². The summed E-state index contributed by atoms with van der Waals surface area (Å²) in [5.74, 6) is 5.63. The van der Waals surface area contributed by atoms with Crippen molar-refractivity contribution in [2.24, 2.45) is 5.84 Å². The molecule has 0 fully saturated rings. The van der Waals surface area contributed by atoms with Gasteiger partial charge in [-0.1, -0.05) is 6.92 Å². The van der Waals surface area contributed by atoms with E-state index in [9.17, 15) is 0 Å². The number of nitrogens with two attached hydrogens (primary N) is 1. The number of aromatic nitrogens is 3. The second kappa shape index (κ2) is 6.08. The molecule has 0 bridgehead atoms. The summed E-state index contributed by atoms with van der Waals surface area (Å²) in [6.45, 7) is 5.10. The minimum Gasteiger partial charge on any atom is -0.271 e. The molecule has 0 aliphatic carbocycles. The Morgan fingerprint density at radius 2 is 2.33 bits per heavy atom. The third-order valence-electron chi connectivity index (χ3n) is 3.00. The van der Waals surface area contributed by atoms with Crippen LogP contribution in [0.4, 0.5) is 0 Å². The second-order valence-corrected chi connectivity index (χ2v) is 4.85. The van der Waals surface area contributed by atoms with E-state index in [-0.39, 0.29) is 6.04 Å². The Bertz CT molecular complexity index is 477. The number of nitrogens with zero attached hydrogens (tertiary/aromatic N) is 3. The lowest BCUT2D eigenvalue weighted by molar-refractivity contribution is 0.509. The van der Waals surface area contributed by atoms with Gasteiger partial charge in [-0.2, -0.15) is 5.10 Å². The number of hydrogen-bond donors (Lipinski definition) is 2. The quantitative estimate of drug-likeness (QED) is 0.616. The zero-order valence-electron chi connectivity index (χ0n) is 10.8. The van der Waals surface area contributed by atoms with Crippen LogP contribution in [-0.4, -0.2) is 14.8 Å². The molecule has 0 saturated heterocycles. The Morgan fingerprint density at radius 1 is 1.50 bits per heavy atom. The predicted octanol–water partition coefficient (Wildman–Crippen LogP) is 1.67. The second-order valence-electron chi connectivity index (χ2n) is 4.13. The molecule has 6 heteroatoms. The van der Waals surface area contributed by atoms with Crippen molar-refractivity contribution >= 4 is 11.3 Å². The van der Waals surface area contributed by atoms with Crippen LogP contribution in [0.1, 0.15) is 37.0 Å². The van der Waals surface area contributed by atoms with Crippen LogP contribution in [0.3, 0.4) is 0 Å². The Balaban J connectivity index is 2.19. The lowest BCUT2D eigenvalue weighted by Crippen LogP contribution is -2.30. The monoisotopic (exact) mass is 265 g/mol. The van der Waals surface area contributed by atoms with E-state index in [1.165, 1.54) is 5.69 Å². The summed E-state index contributed by atoms with van der Waals surface area (Å²) in [6.07, 6.45) is 1.76. The molecule has 0 amide bonds. The molecule has 2 aromatic rings. The molecule has 0 aliphatic heterocycles. The summed E-state index contributed by atoms with van der Waals surface area (Å²) in [5.41, 5.74) is 7.98. The molecule has 5 nitrogen and oxygen atoms in total. The average molecular weight is 265 g/mol. The van der Waals surface area contributed by atoms with Gasteiger partial charge in [0.2, 0.25) is 0 Å². The van der Waals surface area contributed by atoms with Crippen molar-refractivity contribution < 1.29 is 0 Å². The summed E-state index contributed by atoms with van der Waals surface area (Å²) < 4.78 is 2.04. The van der Waals surface area contributed by atoms with E-state index in [0.717, 1.165) is 30.8 Å². The van der Waals surface area contributed by atoms with E-state index in [1.807, 2.05) is 15.6 Å². The first-order chi connectivity index (χ1) is 8.78. The van der Waals surface area contributed by atoms with Crippen LogP contribution >= 0.6 is 11.3 Å². The summed E-state index contributed by atoms with van der Waals surface area (Å²) in [6, 6.07) is 2.20. The van der Waals surface area contributed by atoms with Gasteiger partial charge in [-0.25, -0.2) is 4.98 Å². The lowest BCUT2D eigenvalue weighted by atomic mass is 10.1. The molecular formula is C12H19N5S. The normalized spacial score (nSPS) is 12.8. The van der Waals surface area contributed by atoms with Crippen molar-refractivity contribution in [2.75, 3.05) is 0 Å². The summed E-state index contributed by atoms with van der Waals surface area (Å²) >= 11 is 1.58. The van der Waals surface area contributed by atoms with E-state index in [1.54, 1.807) is 11.3 Å². The first kappa shape index (κ1) is 13.2. The van der Waals surface area contributed by atoms with E-state index >= 15 is 0 Å². The molecule has 2 aromatic heterocycles. The molecular weight excluding hydrogens is 246 g/mol. The largest absolute Gasteiger partial charge is 0.271 e. The molecule has 2 heterocycles. The fourth-order valence-electron chi connectivity index (χ4n) is 1.98. The smallest absolute Gasteiger partial charge is 0.0795 e. The van der Waals surface area contributed by atoms with E-state index in [2.05, 4.69) is 35.4 Å². The van der Waals surface area contributed by atoms with Gasteiger partial charge < -0.3 is 0 Å². The fourth-order valence-corrected chi connectivity index (χ4v) is 2.59. The minimum absolute atomic E-state index is 0.0444. The highest BCUT2D eigenvalue weighted by atomic mass is 32.1. The van der Waals surface area contributed by atoms with Crippen LogP contribution < -0.4 is 11.3 Å². The van der Waals surface area contributed by atoms with Crippen molar-refractivity contribution in [3.63, 3.8) is 0 Å². The summed E-state index contributed by atoms with van der Waals surface area (Å²) in [4.78, 5) is 4.31. The van der Waals surface area contributed by atoms with Gasteiger partial charge in [0.1, 0.15) is 0 Å². The van der Waals surface area contributed by atoms with Gasteiger partial charge in [-0.3, -0.25) is 16.0 Å². The van der Waals surface area contributed by atoms with Gasteiger partial charge in [0.25, 0.3) is 0 Å². The molecule has 0 aromatic carbocycles. The molecule has 0 spiro atoms. The van der Waals surface area contributed by atoms with Crippen molar-refractivity contribution in [1.29, 1.82) is 0 Å². The van der Waals surface area contributed by atoms with Crippen LogP contribution in [0, 0.1) is 0 Å². The maximum atomic E-state index is 5.63. The van der Waals surface area contributed by atoms with E-state index in [0.29, 0.717) is 0 Å². The zero-order valence-corrected chi connectivity index (χ0v) is 11.6. The Morgan fingerprint density at radius 3 is 2.89 bits per heavy atom. The van der Waals surface area contributed by atoms with Crippen molar-refractivity contribution in [2.45, 2.75) is 39.3 Å². The first-order valence-electron chi connectivity index (χ1n) is 6.18. The Kier molecular flexibility index (Phi) is 4.46. The van der Waals surface area contributed by atoms with Crippen molar-refractivity contribution in [3.8, 4) is 0 Å². The first-order valence-corrected chi connectivity index (χ1v) is 7.12. The van der Waals surface area contributed by atoms with Gasteiger partial charge in [-0.05, 0) is 19.4 Å². The van der Waals surface area contributed by atoms with Crippen LogP contribution in [0.2, 0.25) is 0 Å². The number of thiazole rings is 1. The summed E-state index contributed by atoms with van der Waals surface area (Å²) in [5, 5.41) is 6.57. The van der Waals surface area contributed by atoms with E-state index in [4.69, 9.17) is 5.84 Å². The standard InChI is InChI=1S/C12H19N5S/c1-3-9-5-10(17(4-2)16-9)6-11(15-13)12-7-18-8-14-12/h5,7-8,11,15H,3-4,6,13H2,1-2H3. The zero-order chi connectivity index (χ0) is 13.0. The predicted molar refractivity (Wildman–Crippen MR) is 73.2 cm³/mol. The van der Waals surface area contributed by atoms with Gasteiger partial charge in [-0.15, -0.1) is 11.3 Å². The number of aryl methyl sites for hydroxylation is 2. The van der Waals surface area contributed by atoms with Crippen LogP contribution in [0.15, 0.2) is 17.0 Å². The SMILES string of the molecule is CCc1cc(CC(NN)c2cscn2)n(CC)n1. The van der Waals surface area contributed by atoms with Gasteiger partial charge in [0, 0.05) is 24.0 Å². The number of nitrogens with one attached hydrogen (secondary N) is 1. The van der Waals surface area contributed by atoms with Crippen molar-refractivity contribution in [3.05, 3.63) is 34.0 Å². The molecule has 0 aliphatic rings. The number of hydrazine groups is 1. The Labute approximate surface area is 111 Å². The lowest BCUT2D eigenvalue weighted by Gasteiger charge is -2.14. The molecule has 0 radical (unpaired) electrons. The molecule has 98 valence electrons. The molecule has 2 rings (SSSR count). The molecule has 0 saturated carbocycles. The van der Waals surface area contributed by atoms with E-state index < -0.39 is 0 Å². The molecule has 3 N–H and O–H groups in total. The molecule has 1 atom stereocenters. The van der Waals surface area contributed by atoms with Gasteiger partial charge >= 0.3 is 0 Å². The maximum Gasteiger partial charge on any atom is 0.0795 e. The fraction of sp³-hybridized carbons (Fsp3) is 0.500. The van der Waals surface area contributed by atoms with Crippen LogP contribution in [0.5, 0.6) is 0 Å². The molecule has 1 unspecified atom stereocenters. The average Bonchev–Trinajstić information content (AvgIpc) is 3.04. The summed E-state index contributed by atoms with van der Waals surface area (Å²) in [7, 11) is 0. The highest BCUT2D eigenvalue weighted by Crippen LogP contribution is 2.18. The highest BCUT2D eigenvalue weighted by molar-refractivity contribution is 7.07. The number of rotatable bonds is 6. The molecule has 18 heavy (non-hydrogen) atoms. The van der Waals surface area contributed by atoms with Crippen molar-refractivity contribution in [1.82, 2.24) is 20.2 Å². The minimum atomic E-state index is 0.0444. The van der Waals surface area contributed by atoms with Crippen LogP contribution in [-0.2, 0) is 19.4 Å². The van der Waals surface area contributed by atoms with Crippen LogP contribution in [0.25, 0.3) is 0 Å². The van der Waals surface area contributed by atoms with Gasteiger partial charge in [0.05, 0.1) is 22.9 Å². The Hall–Kier alpha value is -1.24. The third kappa shape index (κ3) is 2.77.